The molecule has 0 aliphatic heterocycles. The van der Waals surface area contributed by atoms with Gasteiger partial charge in [0.15, 0.2) is 0 Å². The Morgan fingerprint density at radius 3 is 2.20 bits per heavy atom. The predicted molar refractivity (Wildman–Crippen MR) is 82.1 cm³/mol. The van der Waals surface area contributed by atoms with Gasteiger partial charge in [0.2, 0.25) is 0 Å². The van der Waals surface area contributed by atoms with Crippen LogP contribution in [0.5, 0.6) is 11.5 Å². The summed E-state index contributed by atoms with van der Waals surface area (Å²) in [7, 11) is 0. The first-order valence-electron chi connectivity index (χ1n) is 6.94. The zero-order valence-corrected chi connectivity index (χ0v) is 12.7. The van der Waals surface area contributed by atoms with Crippen LogP contribution in [0, 0.1) is 20.8 Å². The summed E-state index contributed by atoms with van der Waals surface area (Å²) in [5, 5.41) is 29.0. The van der Waals surface area contributed by atoms with Gasteiger partial charge < -0.3 is 15.3 Å². The largest absolute Gasteiger partial charge is 0.507 e. The number of allylic oxidation sites excluding steroid dienone is 1. The van der Waals surface area contributed by atoms with Gasteiger partial charge in [0.25, 0.3) is 0 Å². The van der Waals surface area contributed by atoms with Gasteiger partial charge in [-0.1, -0.05) is 0 Å². The zero-order chi connectivity index (χ0) is 15.3. The van der Waals surface area contributed by atoms with Crippen LogP contribution in [0.25, 0.3) is 6.08 Å². The van der Waals surface area contributed by atoms with E-state index in [1.165, 1.54) is 0 Å². The lowest BCUT2D eigenvalue weighted by molar-refractivity contribution is 0.284. The molecule has 3 nitrogen and oxygen atoms in total. The van der Waals surface area contributed by atoms with E-state index in [1.54, 1.807) is 26.8 Å². The summed E-state index contributed by atoms with van der Waals surface area (Å²) in [6.45, 7) is 7.55. The molecule has 0 radical (unpaired) electrons. The van der Waals surface area contributed by atoms with Gasteiger partial charge in [0.05, 0.1) is 0 Å². The molecule has 1 aromatic carbocycles. The summed E-state index contributed by atoms with van der Waals surface area (Å²) in [5.74, 6) is 0.430. The van der Waals surface area contributed by atoms with Crippen molar-refractivity contribution in [1.29, 1.82) is 0 Å². The lowest BCUT2D eigenvalue weighted by atomic mass is 9.97. The molecule has 0 fully saturated rings. The summed E-state index contributed by atoms with van der Waals surface area (Å²) in [6.07, 6.45) is 4.30. The monoisotopic (exact) mass is 276 g/mol. The number of hydrogen-bond donors (Lipinski definition) is 3. The SMILES string of the molecule is CC(=C=Cc1c(C)c(O)c(C)c(C)c1O)CCCCO. The molecule has 0 saturated heterocycles. The molecule has 0 saturated carbocycles. The van der Waals surface area contributed by atoms with E-state index in [9.17, 15) is 10.2 Å². The number of benzene rings is 1. The second-order valence-corrected chi connectivity index (χ2v) is 5.24. The van der Waals surface area contributed by atoms with E-state index >= 15 is 0 Å². The highest BCUT2D eigenvalue weighted by Gasteiger charge is 2.14. The minimum Gasteiger partial charge on any atom is -0.507 e. The summed E-state index contributed by atoms with van der Waals surface area (Å²) < 4.78 is 0. The molecule has 0 amide bonds. The molecule has 0 aliphatic carbocycles. The second kappa shape index (κ2) is 7.18. The Labute approximate surface area is 120 Å². The Morgan fingerprint density at radius 2 is 1.60 bits per heavy atom. The molecule has 0 bridgehead atoms. The Bertz CT molecular complexity index is 521. The van der Waals surface area contributed by atoms with E-state index in [4.69, 9.17) is 5.11 Å². The average molecular weight is 276 g/mol. The molecule has 0 aliphatic rings. The van der Waals surface area contributed by atoms with E-state index in [0.717, 1.165) is 24.8 Å². The maximum absolute atomic E-state index is 10.2. The Balaban J connectivity index is 3.12. The highest BCUT2D eigenvalue weighted by molar-refractivity contribution is 5.68. The smallest absolute Gasteiger partial charge is 0.127 e. The van der Waals surface area contributed by atoms with Gasteiger partial charge in [0.1, 0.15) is 11.5 Å². The molecule has 20 heavy (non-hydrogen) atoms. The minimum absolute atomic E-state index is 0.202. The van der Waals surface area contributed by atoms with E-state index in [2.05, 4.69) is 5.73 Å². The lowest BCUT2D eigenvalue weighted by Crippen LogP contribution is -1.91. The molecule has 0 aromatic heterocycles. The predicted octanol–water partition coefficient (Wildman–Crippen LogP) is 3.74. The minimum atomic E-state index is 0.202. The fourth-order valence-electron chi connectivity index (χ4n) is 2.09. The van der Waals surface area contributed by atoms with E-state index in [-0.39, 0.29) is 18.1 Å². The van der Waals surface area contributed by atoms with Crippen LogP contribution in [0.3, 0.4) is 0 Å². The molecule has 1 aromatic rings. The third kappa shape index (κ3) is 3.66. The molecule has 0 heterocycles. The van der Waals surface area contributed by atoms with Crippen molar-refractivity contribution >= 4 is 6.08 Å². The first-order valence-corrected chi connectivity index (χ1v) is 6.94. The van der Waals surface area contributed by atoms with Crippen LogP contribution < -0.4 is 0 Å². The third-order valence-corrected chi connectivity index (χ3v) is 3.71. The van der Waals surface area contributed by atoms with Gasteiger partial charge in [-0.2, -0.15) is 0 Å². The van der Waals surface area contributed by atoms with Crippen molar-refractivity contribution in [2.24, 2.45) is 0 Å². The van der Waals surface area contributed by atoms with Crippen molar-refractivity contribution < 1.29 is 15.3 Å². The average Bonchev–Trinajstić information content (AvgIpc) is 2.43. The maximum Gasteiger partial charge on any atom is 0.127 e. The van der Waals surface area contributed by atoms with Gasteiger partial charge in [-0.25, -0.2) is 0 Å². The number of hydrogen-bond acceptors (Lipinski definition) is 3. The van der Waals surface area contributed by atoms with E-state index in [0.29, 0.717) is 22.3 Å². The topological polar surface area (TPSA) is 60.7 Å². The van der Waals surface area contributed by atoms with Crippen LogP contribution in [0.15, 0.2) is 11.3 Å². The fraction of sp³-hybridized carbons (Fsp3) is 0.471. The van der Waals surface area contributed by atoms with Crippen molar-refractivity contribution in [3.05, 3.63) is 33.6 Å². The molecule has 1 rings (SSSR count). The molecular formula is C17H24O3. The molecule has 0 spiro atoms. The molecule has 0 unspecified atom stereocenters. The highest BCUT2D eigenvalue weighted by atomic mass is 16.3. The molecule has 3 N–H and O–H groups in total. The number of phenolic OH excluding ortho intramolecular Hbond substituents is 2. The van der Waals surface area contributed by atoms with Crippen LogP contribution in [-0.2, 0) is 0 Å². The highest BCUT2D eigenvalue weighted by Crippen LogP contribution is 2.36. The van der Waals surface area contributed by atoms with Gasteiger partial charge in [0, 0.05) is 17.7 Å². The maximum atomic E-state index is 10.2. The van der Waals surface area contributed by atoms with Gasteiger partial charge in [-0.05, 0) is 69.7 Å². The van der Waals surface area contributed by atoms with Gasteiger partial charge in [-0.15, -0.1) is 5.73 Å². The van der Waals surface area contributed by atoms with Gasteiger partial charge in [-0.3, -0.25) is 0 Å². The summed E-state index contributed by atoms with van der Waals surface area (Å²) in [4.78, 5) is 0. The molecular weight excluding hydrogens is 252 g/mol. The number of aromatic hydroxyl groups is 2. The van der Waals surface area contributed by atoms with Crippen LogP contribution in [0.2, 0.25) is 0 Å². The standard InChI is InChI=1S/C17H24O3/c1-11(7-5-6-10-18)8-9-15-14(4)16(19)12(2)13(3)17(15)20/h9,18-20H,5-7,10H2,1-4H3. The lowest BCUT2D eigenvalue weighted by Gasteiger charge is -2.12. The summed E-state index contributed by atoms with van der Waals surface area (Å²) in [5.41, 5.74) is 6.91. The van der Waals surface area contributed by atoms with Gasteiger partial charge >= 0.3 is 0 Å². The van der Waals surface area contributed by atoms with Crippen LogP contribution in [0.4, 0.5) is 0 Å². The van der Waals surface area contributed by atoms with E-state index in [1.807, 2.05) is 6.92 Å². The number of rotatable bonds is 5. The number of aliphatic hydroxyl groups excluding tert-OH is 1. The summed E-state index contributed by atoms with van der Waals surface area (Å²) in [6, 6.07) is 0. The Hall–Kier alpha value is -1.70. The number of aliphatic hydroxyl groups is 1. The number of unbranched alkanes of at least 4 members (excludes halogenated alkanes) is 1. The molecule has 0 atom stereocenters. The molecule has 110 valence electrons. The quantitative estimate of drug-likeness (QED) is 0.436. The zero-order valence-electron chi connectivity index (χ0n) is 12.7. The summed E-state index contributed by atoms with van der Waals surface area (Å²) >= 11 is 0. The first kappa shape index (κ1) is 16.4. The fourth-order valence-corrected chi connectivity index (χ4v) is 2.09. The van der Waals surface area contributed by atoms with Crippen molar-refractivity contribution in [2.45, 2.75) is 47.0 Å². The second-order valence-electron chi connectivity index (χ2n) is 5.24. The normalized spacial score (nSPS) is 10.2. The number of phenols is 2. The van der Waals surface area contributed by atoms with Crippen molar-refractivity contribution in [3.63, 3.8) is 0 Å². The Morgan fingerprint density at radius 1 is 1.00 bits per heavy atom. The third-order valence-electron chi connectivity index (χ3n) is 3.71. The molecule has 3 heteroatoms. The Kier molecular flexibility index (Phi) is 5.87. The first-order chi connectivity index (χ1) is 9.40. The van der Waals surface area contributed by atoms with E-state index < -0.39 is 0 Å². The van der Waals surface area contributed by atoms with Crippen molar-refractivity contribution in [3.8, 4) is 11.5 Å². The van der Waals surface area contributed by atoms with Crippen molar-refractivity contribution in [1.82, 2.24) is 0 Å². The van der Waals surface area contributed by atoms with Crippen LogP contribution in [-0.4, -0.2) is 21.9 Å². The van der Waals surface area contributed by atoms with Crippen molar-refractivity contribution in [2.75, 3.05) is 6.61 Å². The van der Waals surface area contributed by atoms with Crippen LogP contribution in [0.1, 0.15) is 48.4 Å². The van der Waals surface area contributed by atoms with Crippen LogP contribution >= 0.6 is 0 Å².